The number of hydrogen-bond acceptors (Lipinski definition) is 6. The number of nitrogens with zero attached hydrogens (tertiary/aromatic N) is 1. The number of carbonyl (C=O) groups excluding carboxylic acids is 2. The Morgan fingerprint density at radius 1 is 0.811 bits per heavy atom. The van der Waals surface area contributed by atoms with Gasteiger partial charge in [0.25, 0.3) is 5.89 Å². The highest BCUT2D eigenvalue weighted by molar-refractivity contribution is 7.99. The van der Waals surface area contributed by atoms with Gasteiger partial charge in [0.05, 0.1) is 6.04 Å². The lowest BCUT2D eigenvalue weighted by Crippen LogP contribution is -2.44. The second kappa shape index (κ2) is 14.1. The number of ketones is 1. The van der Waals surface area contributed by atoms with Gasteiger partial charge in [0.2, 0.25) is 11.7 Å². The van der Waals surface area contributed by atoms with Crippen LogP contribution < -0.4 is 5.32 Å². The Morgan fingerprint density at radius 3 is 1.95 bits per heavy atom. The van der Waals surface area contributed by atoms with E-state index in [0.717, 1.165) is 30.8 Å². The SMILES string of the molecule is CCCC(NC(=O)C(CCSc1ccccc1)CCSc1ccccc1)C(=O)c1nc2ccccc2o1. The molecule has 37 heavy (non-hydrogen) atoms. The van der Waals surface area contributed by atoms with Crippen molar-refractivity contribution in [3.63, 3.8) is 0 Å². The zero-order valence-corrected chi connectivity index (χ0v) is 22.6. The third kappa shape index (κ3) is 7.98. The minimum absolute atomic E-state index is 0.0516. The zero-order valence-electron chi connectivity index (χ0n) is 21.0. The summed E-state index contributed by atoms with van der Waals surface area (Å²) in [4.78, 5) is 33.5. The molecule has 0 radical (unpaired) electrons. The van der Waals surface area contributed by atoms with E-state index in [1.54, 1.807) is 29.6 Å². The molecule has 0 aliphatic rings. The predicted octanol–water partition coefficient (Wildman–Crippen LogP) is 7.28. The maximum absolute atomic E-state index is 13.5. The monoisotopic (exact) mass is 532 g/mol. The molecule has 1 N–H and O–H groups in total. The predicted molar refractivity (Wildman–Crippen MR) is 152 cm³/mol. The summed E-state index contributed by atoms with van der Waals surface area (Å²) in [5, 5.41) is 3.05. The number of Topliss-reactive ketones (excluding diaryl/α,β-unsaturated/α-hetero) is 1. The maximum atomic E-state index is 13.5. The number of rotatable bonds is 14. The van der Waals surface area contributed by atoms with Gasteiger partial charge in [-0.05, 0) is 67.2 Å². The molecule has 1 aromatic heterocycles. The van der Waals surface area contributed by atoms with E-state index in [-0.39, 0.29) is 23.5 Å². The van der Waals surface area contributed by atoms with E-state index in [9.17, 15) is 9.59 Å². The summed E-state index contributed by atoms with van der Waals surface area (Å²) in [6.07, 6.45) is 2.76. The van der Waals surface area contributed by atoms with Crippen LogP contribution in [-0.2, 0) is 4.79 Å². The van der Waals surface area contributed by atoms with Gasteiger partial charge < -0.3 is 9.73 Å². The highest BCUT2D eigenvalue weighted by Crippen LogP contribution is 2.25. The van der Waals surface area contributed by atoms with Crippen molar-refractivity contribution in [2.45, 2.75) is 48.4 Å². The van der Waals surface area contributed by atoms with Crippen molar-refractivity contribution in [2.75, 3.05) is 11.5 Å². The molecule has 0 aliphatic heterocycles. The largest absolute Gasteiger partial charge is 0.434 e. The Kier molecular flexibility index (Phi) is 10.3. The quantitative estimate of drug-likeness (QED) is 0.136. The van der Waals surface area contributed by atoms with Crippen molar-refractivity contribution in [1.82, 2.24) is 10.3 Å². The van der Waals surface area contributed by atoms with Crippen molar-refractivity contribution in [3.8, 4) is 0 Å². The minimum atomic E-state index is -0.656. The second-order valence-electron chi connectivity index (χ2n) is 8.80. The second-order valence-corrected chi connectivity index (χ2v) is 11.1. The number of aromatic nitrogens is 1. The Hall–Kier alpha value is -3.03. The van der Waals surface area contributed by atoms with E-state index in [1.807, 2.05) is 61.5 Å². The summed E-state index contributed by atoms with van der Waals surface area (Å²) >= 11 is 3.50. The number of benzene rings is 3. The van der Waals surface area contributed by atoms with Crippen LogP contribution in [0.5, 0.6) is 0 Å². The van der Waals surface area contributed by atoms with E-state index in [0.29, 0.717) is 17.5 Å². The van der Waals surface area contributed by atoms with Crippen LogP contribution in [0.3, 0.4) is 0 Å². The van der Waals surface area contributed by atoms with E-state index < -0.39 is 6.04 Å². The summed E-state index contributed by atoms with van der Waals surface area (Å²) in [5.74, 6) is 1.16. The molecule has 0 saturated heterocycles. The first-order valence-corrected chi connectivity index (χ1v) is 14.7. The molecule has 1 unspecified atom stereocenters. The standard InChI is InChI=1S/C30H32N2O3S2/c1-2-11-26(28(33)30-32-25-16-9-10-17-27(25)35-30)31-29(34)22(18-20-36-23-12-5-3-6-13-23)19-21-37-24-14-7-4-8-15-24/h3-10,12-17,22,26H,2,11,18-21H2,1H3,(H,31,34). The van der Waals surface area contributed by atoms with Crippen LogP contribution in [0.1, 0.15) is 43.3 Å². The number of carbonyl (C=O) groups is 2. The molecule has 0 spiro atoms. The van der Waals surface area contributed by atoms with Crippen LogP contribution in [0.2, 0.25) is 0 Å². The number of nitrogens with one attached hydrogen (secondary N) is 1. The molecule has 7 heteroatoms. The molecule has 0 bridgehead atoms. The molecule has 0 aliphatic carbocycles. The normalized spacial score (nSPS) is 12.1. The lowest BCUT2D eigenvalue weighted by Gasteiger charge is -2.21. The van der Waals surface area contributed by atoms with E-state index in [1.165, 1.54) is 9.79 Å². The fourth-order valence-electron chi connectivity index (χ4n) is 4.05. The number of amides is 1. The third-order valence-electron chi connectivity index (χ3n) is 6.04. The topological polar surface area (TPSA) is 72.2 Å². The van der Waals surface area contributed by atoms with Gasteiger partial charge in [-0.3, -0.25) is 9.59 Å². The summed E-state index contributed by atoms with van der Waals surface area (Å²) in [7, 11) is 0. The molecule has 1 atom stereocenters. The number of fused-ring (bicyclic) bond motifs is 1. The first kappa shape index (κ1) is 27.0. The highest BCUT2D eigenvalue weighted by Gasteiger charge is 2.28. The minimum Gasteiger partial charge on any atom is -0.434 e. The third-order valence-corrected chi connectivity index (χ3v) is 8.13. The van der Waals surface area contributed by atoms with Crippen LogP contribution >= 0.6 is 23.5 Å². The molecule has 4 aromatic rings. The summed E-state index contributed by atoms with van der Waals surface area (Å²) in [6, 6.07) is 27.1. The van der Waals surface area contributed by atoms with Gasteiger partial charge in [0.15, 0.2) is 5.58 Å². The summed E-state index contributed by atoms with van der Waals surface area (Å²) in [6.45, 7) is 2.00. The van der Waals surface area contributed by atoms with Gasteiger partial charge >= 0.3 is 0 Å². The lowest BCUT2D eigenvalue weighted by molar-refractivity contribution is -0.125. The lowest BCUT2D eigenvalue weighted by atomic mass is 10.00. The van der Waals surface area contributed by atoms with Crippen molar-refractivity contribution in [3.05, 3.63) is 90.8 Å². The summed E-state index contributed by atoms with van der Waals surface area (Å²) in [5.41, 5.74) is 1.21. The maximum Gasteiger partial charge on any atom is 0.266 e. The van der Waals surface area contributed by atoms with Gasteiger partial charge in [-0.1, -0.05) is 61.9 Å². The molecule has 1 amide bonds. The van der Waals surface area contributed by atoms with Gasteiger partial charge in [-0.25, -0.2) is 4.98 Å². The number of para-hydroxylation sites is 2. The van der Waals surface area contributed by atoms with Crippen LogP contribution in [0.4, 0.5) is 0 Å². The van der Waals surface area contributed by atoms with Crippen LogP contribution in [-0.4, -0.2) is 34.2 Å². The van der Waals surface area contributed by atoms with Gasteiger partial charge in [-0.2, -0.15) is 0 Å². The van der Waals surface area contributed by atoms with E-state index in [2.05, 4.69) is 34.6 Å². The molecular weight excluding hydrogens is 500 g/mol. The Morgan fingerprint density at radius 2 is 1.38 bits per heavy atom. The smallest absolute Gasteiger partial charge is 0.266 e. The molecule has 1 heterocycles. The fraction of sp³-hybridized carbons (Fsp3) is 0.300. The molecule has 3 aromatic carbocycles. The van der Waals surface area contributed by atoms with Crippen LogP contribution in [0.15, 0.2) is 99.1 Å². The molecule has 192 valence electrons. The average molecular weight is 533 g/mol. The Labute approximate surface area is 226 Å². The molecule has 0 saturated carbocycles. The zero-order chi connectivity index (χ0) is 25.9. The number of thioether (sulfide) groups is 2. The van der Waals surface area contributed by atoms with Crippen LogP contribution in [0.25, 0.3) is 11.1 Å². The first-order valence-electron chi connectivity index (χ1n) is 12.7. The number of oxazole rings is 1. The first-order chi connectivity index (χ1) is 18.1. The van der Waals surface area contributed by atoms with E-state index in [4.69, 9.17) is 4.42 Å². The van der Waals surface area contributed by atoms with Gasteiger partial charge in [0, 0.05) is 15.7 Å². The summed E-state index contributed by atoms with van der Waals surface area (Å²) < 4.78 is 5.71. The van der Waals surface area contributed by atoms with Crippen molar-refractivity contribution in [1.29, 1.82) is 0 Å². The average Bonchev–Trinajstić information content (AvgIpc) is 3.37. The highest BCUT2D eigenvalue weighted by atomic mass is 32.2. The van der Waals surface area contributed by atoms with Gasteiger partial charge in [0.1, 0.15) is 5.52 Å². The van der Waals surface area contributed by atoms with E-state index >= 15 is 0 Å². The van der Waals surface area contributed by atoms with Gasteiger partial charge in [-0.15, -0.1) is 23.5 Å². The Bertz CT molecular complexity index is 1200. The van der Waals surface area contributed by atoms with Crippen molar-refractivity contribution < 1.29 is 14.0 Å². The molecule has 4 rings (SSSR count). The molecule has 5 nitrogen and oxygen atoms in total. The number of hydrogen-bond donors (Lipinski definition) is 1. The molecular formula is C30H32N2O3S2. The molecule has 0 fully saturated rings. The fourth-order valence-corrected chi connectivity index (χ4v) is 6.03. The Balaban J connectivity index is 1.42. The van der Waals surface area contributed by atoms with Crippen molar-refractivity contribution >= 4 is 46.3 Å². The van der Waals surface area contributed by atoms with Crippen molar-refractivity contribution in [2.24, 2.45) is 5.92 Å². The van der Waals surface area contributed by atoms with Crippen LogP contribution in [0, 0.1) is 5.92 Å².